The maximum Gasteiger partial charge on any atom is 0.248 e. The van der Waals surface area contributed by atoms with E-state index in [9.17, 15) is 19.6 Å². The first-order valence-electron chi connectivity index (χ1n) is 11.0. The van der Waals surface area contributed by atoms with Gasteiger partial charge in [0.05, 0.1) is 18.2 Å². The second-order valence-corrected chi connectivity index (χ2v) is 8.99. The van der Waals surface area contributed by atoms with E-state index in [0.29, 0.717) is 18.7 Å². The van der Waals surface area contributed by atoms with E-state index in [0.717, 1.165) is 31.4 Å². The molecule has 0 saturated carbocycles. The van der Waals surface area contributed by atoms with Crippen LogP contribution in [0.5, 0.6) is 0 Å². The first-order valence-corrected chi connectivity index (χ1v) is 11.0. The number of primary amides is 1. The summed E-state index contributed by atoms with van der Waals surface area (Å²) in [6.45, 7) is 5.83. The summed E-state index contributed by atoms with van der Waals surface area (Å²) in [7, 11) is 0. The zero-order valence-corrected chi connectivity index (χ0v) is 18.0. The average Bonchev–Trinajstić information content (AvgIpc) is 3.47. The van der Waals surface area contributed by atoms with Crippen molar-refractivity contribution in [1.82, 2.24) is 14.7 Å². The van der Waals surface area contributed by atoms with Gasteiger partial charge in [-0.1, -0.05) is 19.1 Å². The molecule has 3 fully saturated rings. The lowest BCUT2D eigenvalue weighted by molar-refractivity contribution is -0.142. The van der Waals surface area contributed by atoms with Gasteiger partial charge in [0.2, 0.25) is 17.7 Å². The van der Waals surface area contributed by atoms with E-state index >= 15 is 0 Å². The number of amides is 3. The summed E-state index contributed by atoms with van der Waals surface area (Å²) in [5.41, 5.74) is 6.73. The third-order valence-electron chi connectivity index (χ3n) is 7.02. The summed E-state index contributed by atoms with van der Waals surface area (Å²) < 4.78 is 0. The molecule has 164 valence electrons. The zero-order valence-electron chi connectivity index (χ0n) is 18.0. The van der Waals surface area contributed by atoms with Gasteiger partial charge in [0.15, 0.2) is 0 Å². The summed E-state index contributed by atoms with van der Waals surface area (Å²) in [4.78, 5) is 43.1. The van der Waals surface area contributed by atoms with Crippen LogP contribution in [-0.2, 0) is 9.59 Å². The Morgan fingerprint density at radius 2 is 1.97 bits per heavy atom. The standard InChI is InChI=1S/C23H29N5O3/c1-14(22(30)27-9-3-4-18(27)11-24)12-26-13-19-10-20(26)23(31)28(19)15(2)16-5-7-17(8-6-16)21(25)29/h5-8,14-15,18-20H,3-4,9-10,12-13H2,1-2H3,(H2,25,29)/t14-,15-,18-,19-,20-/m0/s1. The van der Waals surface area contributed by atoms with Crippen molar-refractivity contribution in [2.45, 2.75) is 57.3 Å². The maximum absolute atomic E-state index is 13.1. The highest BCUT2D eigenvalue weighted by atomic mass is 16.2. The van der Waals surface area contributed by atoms with Crippen molar-refractivity contribution in [2.24, 2.45) is 11.7 Å². The van der Waals surface area contributed by atoms with Crippen molar-refractivity contribution < 1.29 is 14.4 Å². The monoisotopic (exact) mass is 423 g/mol. The number of rotatable bonds is 6. The predicted octanol–water partition coefficient (Wildman–Crippen LogP) is 1.28. The van der Waals surface area contributed by atoms with Gasteiger partial charge in [0.25, 0.3) is 0 Å². The molecule has 5 atom stereocenters. The largest absolute Gasteiger partial charge is 0.366 e. The molecule has 0 spiro atoms. The zero-order chi connectivity index (χ0) is 22.3. The Morgan fingerprint density at radius 3 is 2.58 bits per heavy atom. The molecular formula is C23H29N5O3. The van der Waals surface area contributed by atoms with Crippen molar-refractivity contribution in [1.29, 1.82) is 5.26 Å². The van der Waals surface area contributed by atoms with Crippen molar-refractivity contribution in [3.05, 3.63) is 35.4 Å². The average molecular weight is 424 g/mol. The van der Waals surface area contributed by atoms with Crippen LogP contribution in [0.1, 0.15) is 55.1 Å². The summed E-state index contributed by atoms with van der Waals surface area (Å²) >= 11 is 0. The Labute approximate surface area is 182 Å². The second-order valence-electron chi connectivity index (χ2n) is 8.99. The molecule has 2 N–H and O–H groups in total. The smallest absolute Gasteiger partial charge is 0.248 e. The molecule has 3 aliphatic rings. The van der Waals surface area contributed by atoms with Crippen LogP contribution in [0.2, 0.25) is 0 Å². The Balaban J connectivity index is 1.39. The van der Waals surface area contributed by atoms with Crippen LogP contribution in [0.3, 0.4) is 0 Å². The molecule has 1 aromatic carbocycles. The van der Waals surface area contributed by atoms with E-state index < -0.39 is 5.91 Å². The Bertz CT molecular complexity index is 924. The molecule has 3 amide bonds. The lowest BCUT2D eigenvalue weighted by Gasteiger charge is -2.38. The van der Waals surface area contributed by atoms with E-state index in [1.807, 2.05) is 30.9 Å². The van der Waals surface area contributed by atoms with Gasteiger partial charge in [0.1, 0.15) is 6.04 Å². The summed E-state index contributed by atoms with van der Waals surface area (Å²) in [6, 6.07) is 8.83. The number of fused-ring (bicyclic) bond motifs is 2. The third kappa shape index (κ3) is 3.79. The van der Waals surface area contributed by atoms with Crippen LogP contribution in [0.4, 0.5) is 0 Å². The molecule has 0 aliphatic carbocycles. The van der Waals surface area contributed by atoms with Gasteiger partial charge in [-0.15, -0.1) is 0 Å². The molecule has 0 unspecified atom stereocenters. The molecule has 0 radical (unpaired) electrons. The number of carbonyl (C=O) groups is 3. The van der Waals surface area contributed by atoms with Gasteiger partial charge < -0.3 is 15.5 Å². The first-order chi connectivity index (χ1) is 14.8. The highest BCUT2D eigenvalue weighted by molar-refractivity contribution is 5.92. The van der Waals surface area contributed by atoms with Gasteiger partial charge in [-0.05, 0) is 43.9 Å². The molecule has 31 heavy (non-hydrogen) atoms. The highest BCUT2D eigenvalue weighted by Gasteiger charge is 2.51. The van der Waals surface area contributed by atoms with Crippen molar-refractivity contribution in [3.63, 3.8) is 0 Å². The first kappa shape index (κ1) is 21.3. The number of hydrogen-bond donors (Lipinski definition) is 1. The van der Waals surface area contributed by atoms with Gasteiger partial charge in [0, 0.05) is 37.2 Å². The Morgan fingerprint density at radius 1 is 1.26 bits per heavy atom. The van der Waals surface area contributed by atoms with Crippen LogP contribution >= 0.6 is 0 Å². The SMILES string of the molecule is C[C@@H](CN1C[C@@H]2C[C@H]1C(=O)N2[C@@H](C)c1ccc(C(N)=O)cc1)C(=O)N1CCC[C@H]1C#N. The molecule has 4 rings (SSSR count). The van der Waals surface area contributed by atoms with Gasteiger partial charge >= 0.3 is 0 Å². The van der Waals surface area contributed by atoms with E-state index in [-0.39, 0.29) is 41.9 Å². The number of likely N-dealkylation sites (tertiary alicyclic amines) is 3. The number of carbonyl (C=O) groups excluding carboxylic acids is 3. The minimum atomic E-state index is -0.468. The molecule has 3 aliphatic heterocycles. The van der Waals surface area contributed by atoms with Crippen LogP contribution < -0.4 is 5.73 Å². The summed E-state index contributed by atoms with van der Waals surface area (Å²) in [5, 5.41) is 9.26. The minimum absolute atomic E-state index is 0.0130. The topological polar surface area (TPSA) is 111 Å². The molecule has 3 saturated heterocycles. The normalized spacial score (nSPS) is 27.4. The number of nitrogens with two attached hydrogens (primary N) is 1. The van der Waals surface area contributed by atoms with E-state index in [2.05, 4.69) is 11.0 Å². The number of hydrogen-bond acceptors (Lipinski definition) is 5. The summed E-state index contributed by atoms with van der Waals surface area (Å²) in [6.07, 6.45) is 2.39. The highest BCUT2D eigenvalue weighted by Crippen LogP contribution is 2.38. The minimum Gasteiger partial charge on any atom is -0.366 e. The van der Waals surface area contributed by atoms with Crippen LogP contribution in [0.15, 0.2) is 24.3 Å². The third-order valence-corrected chi connectivity index (χ3v) is 7.02. The number of nitriles is 1. The van der Waals surface area contributed by atoms with E-state index in [1.165, 1.54) is 0 Å². The Hall–Kier alpha value is -2.92. The van der Waals surface area contributed by atoms with Gasteiger partial charge in [-0.2, -0.15) is 5.26 Å². The molecule has 1 aromatic rings. The van der Waals surface area contributed by atoms with Crippen molar-refractivity contribution in [3.8, 4) is 6.07 Å². The van der Waals surface area contributed by atoms with Crippen LogP contribution in [-0.4, -0.2) is 70.2 Å². The number of piperazine rings is 1. The van der Waals surface area contributed by atoms with Crippen LogP contribution in [0.25, 0.3) is 0 Å². The van der Waals surface area contributed by atoms with Gasteiger partial charge in [-0.3, -0.25) is 19.3 Å². The fourth-order valence-corrected chi connectivity index (χ4v) is 5.36. The fourth-order valence-electron chi connectivity index (χ4n) is 5.36. The number of nitrogens with zero attached hydrogens (tertiary/aromatic N) is 4. The van der Waals surface area contributed by atoms with Crippen LogP contribution in [0, 0.1) is 17.2 Å². The predicted molar refractivity (Wildman–Crippen MR) is 113 cm³/mol. The molecule has 2 bridgehead atoms. The number of benzene rings is 1. The second kappa shape index (κ2) is 8.31. The molecule has 8 nitrogen and oxygen atoms in total. The fraction of sp³-hybridized carbons (Fsp3) is 0.565. The summed E-state index contributed by atoms with van der Waals surface area (Å²) in [5.74, 6) is -0.601. The van der Waals surface area contributed by atoms with Crippen molar-refractivity contribution in [2.75, 3.05) is 19.6 Å². The van der Waals surface area contributed by atoms with Gasteiger partial charge in [-0.25, -0.2) is 0 Å². The van der Waals surface area contributed by atoms with E-state index in [1.54, 1.807) is 17.0 Å². The molecule has 0 aromatic heterocycles. The van der Waals surface area contributed by atoms with E-state index in [4.69, 9.17) is 5.73 Å². The molecule has 3 heterocycles. The van der Waals surface area contributed by atoms with Crippen molar-refractivity contribution >= 4 is 17.7 Å². The Kier molecular flexibility index (Phi) is 5.71. The molecule has 8 heteroatoms. The maximum atomic E-state index is 13.1. The quantitative estimate of drug-likeness (QED) is 0.741. The lowest BCUT2D eigenvalue weighted by atomic mass is 10.0. The molecular weight excluding hydrogens is 394 g/mol. The lowest BCUT2D eigenvalue weighted by Crippen LogP contribution is -2.53.